The molecular weight excluding hydrogens is 268 g/mol. The predicted molar refractivity (Wildman–Crippen MR) is 83.8 cm³/mol. The van der Waals surface area contributed by atoms with Gasteiger partial charge in [0.15, 0.2) is 5.41 Å². The smallest absolute Gasteiger partial charge is 0.323 e. The second-order valence-electron chi connectivity index (χ2n) is 6.77. The Bertz CT molecular complexity index is 297. The van der Waals surface area contributed by atoms with Gasteiger partial charge in [-0.15, -0.1) is 0 Å². The van der Waals surface area contributed by atoms with Gasteiger partial charge in [-0.1, -0.05) is 53.9 Å². The zero-order valence-electron chi connectivity index (χ0n) is 14.5. The van der Waals surface area contributed by atoms with E-state index in [9.17, 15) is 9.59 Å². The monoisotopic (exact) mass is 300 g/mol. The summed E-state index contributed by atoms with van der Waals surface area (Å²) >= 11 is 0. The minimum Gasteiger partial charge on any atom is -0.465 e. The van der Waals surface area contributed by atoms with E-state index in [-0.39, 0.29) is 11.8 Å². The lowest BCUT2D eigenvalue weighted by atomic mass is 9.84. The zero-order chi connectivity index (χ0) is 16.5. The van der Waals surface area contributed by atoms with Gasteiger partial charge in [0.2, 0.25) is 0 Å². The molecule has 4 heteroatoms. The van der Waals surface area contributed by atoms with Crippen molar-refractivity contribution in [3.8, 4) is 0 Å². The molecule has 0 aliphatic heterocycles. The molecule has 0 aromatic heterocycles. The largest absolute Gasteiger partial charge is 0.465 e. The highest BCUT2D eigenvalue weighted by atomic mass is 16.6. The van der Waals surface area contributed by atoms with Gasteiger partial charge < -0.3 is 9.47 Å². The maximum absolute atomic E-state index is 12.3. The van der Waals surface area contributed by atoms with E-state index in [1.807, 2.05) is 27.7 Å². The lowest BCUT2D eigenvalue weighted by Crippen LogP contribution is -2.40. The van der Waals surface area contributed by atoms with Gasteiger partial charge in [-0.25, -0.2) is 0 Å². The van der Waals surface area contributed by atoms with E-state index in [4.69, 9.17) is 9.47 Å². The molecule has 0 atom stereocenters. The third-order valence-electron chi connectivity index (χ3n) is 3.28. The van der Waals surface area contributed by atoms with Crippen LogP contribution in [0.15, 0.2) is 0 Å². The Morgan fingerprint density at radius 2 is 1.33 bits per heavy atom. The van der Waals surface area contributed by atoms with Crippen molar-refractivity contribution in [3.63, 3.8) is 0 Å². The van der Waals surface area contributed by atoms with Crippen LogP contribution < -0.4 is 0 Å². The quantitative estimate of drug-likeness (QED) is 0.348. The van der Waals surface area contributed by atoms with Crippen molar-refractivity contribution in [2.75, 3.05) is 13.2 Å². The van der Waals surface area contributed by atoms with Crippen molar-refractivity contribution >= 4 is 11.9 Å². The van der Waals surface area contributed by atoms with Crippen LogP contribution in [-0.4, -0.2) is 25.2 Å². The Morgan fingerprint density at radius 1 is 0.905 bits per heavy atom. The van der Waals surface area contributed by atoms with Crippen molar-refractivity contribution in [3.05, 3.63) is 0 Å². The molecule has 0 aromatic rings. The third kappa shape index (κ3) is 7.49. The first-order valence-corrected chi connectivity index (χ1v) is 8.08. The molecule has 0 rings (SSSR count). The average Bonchev–Trinajstić information content (AvgIpc) is 2.41. The molecule has 21 heavy (non-hydrogen) atoms. The number of hydrogen-bond acceptors (Lipinski definition) is 4. The summed E-state index contributed by atoms with van der Waals surface area (Å²) in [5.41, 5.74) is -1.18. The minimum atomic E-state index is -1.18. The summed E-state index contributed by atoms with van der Waals surface area (Å²) in [7, 11) is 0. The lowest BCUT2D eigenvalue weighted by molar-refractivity contribution is -0.173. The van der Waals surface area contributed by atoms with Crippen molar-refractivity contribution in [1.82, 2.24) is 0 Å². The maximum atomic E-state index is 12.3. The molecular formula is C17H32O4. The highest BCUT2D eigenvalue weighted by Crippen LogP contribution is 2.29. The highest BCUT2D eigenvalue weighted by Gasteiger charge is 2.43. The first-order chi connectivity index (χ1) is 9.74. The van der Waals surface area contributed by atoms with E-state index in [1.54, 1.807) is 6.92 Å². The second-order valence-corrected chi connectivity index (χ2v) is 6.77. The van der Waals surface area contributed by atoms with Gasteiger partial charge >= 0.3 is 11.9 Å². The van der Waals surface area contributed by atoms with E-state index in [2.05, 4.69) is 6.92 Å². The number of esters is 2. The molecule has 0 aliphatic rings. The molecule has 0 aliphatic carbocycles. The van der Waals surface area contributed by atoms with Gasteiger partial charge in [-0.05, 0) is 25.2 Å². The van der Waals surface area contributed by atoms with Crippen LogP contribution in [-0.2, 0) is 19.1 Å². The molecule has 0 spiro atoms. The van der Waals surface area contributed by atoms with E-state index in [1.165, 1.54) is 0 Å². The van der Waals surface area contributed by atoms with E-state index >= 15 is 0 Å². The maximum Gasteiger partial charge on any atom is 0.323 e. The Morgan fingerprint density at radius 3 is 1.67 bits per heavy atom. The molecule has 0 saturated carbocycles. The van der Waals surface area contributed by atoms with Gasteiger partial charge in [0.05, 0.1) is 13.2 Å². The number of ether oxygens (including phenoxy) is 2. The molecule has 0 unspecified atom stereocenters. The Kier molecular flexibility index (Phi) is 9.31. The Labute approximate surface area is 129 Å². The predicted octanol–water partition coefficient (Wildman–Crippen LogP) is 3.97. The highest BCUT2D eigenvalue weighted by molar-refractivity contribution is 5.99. The number of unbranched alkanes of at least 4 members (excludes halogenated alkanes) is 2. The summed E-state index contributed by atoms with van der Waals surface area (Å²) < 4.78 is 10.6. The van der Waals surface area contributed by atoms with Crippen molar-refractivity contribution in [2.24, 2.45) is 17.3 Å². The van der Waals surface area contributed by atoms with E-state index < -0.39 is 17.4 Å². The summed E-state index contributed by atoms with van der Waals surface area (Å²) in [4.78, 5) is 24.7. The fourth-order valence-electron chi connectivity index (χ4n) is 1.82. The molecule has 0 radical (unpaired) electrons. The molecule has 0 saturated heterocycles. The van der Waals surface area contributed by atoms with Gasteiger partial charge in [-0.2, -0.15) is 0 Å². The fourth-order valence-corrected chi connectivity index (χ4v) is 1.82. The van der Waals surface area contributed by atoms with Crippen LogP contribution in [0, 0.1) is 17.3 Å². The van der Waals surface area contributed by atoms with Gasteiger partial charge in [0.1, 0.15) is 0 Å². The Balaban J connectivity index is 4.80. The summed E-state index contributed by atoms with van der Waals surface area (Å²) in [5, 5.41) is 0. The molecule has 0 fully saturated rings. The molecule has 0 N–H and O–H groups in total. The topological polar surface area (TPSA) is 52.6 Å². The molecule has 0 bridgehead atoms. The van der Waals surface area contributed by atoms with Crippen LogP contribution in [0.1, 0.15) is 67.2 Å². The van der Waals surface area contributed by atoms with Crippen LogP contribution in [0.4, 0.5) is 0 Å². The van der Waals surface area contributed by atoms with E-state index in [0.29, 0.717) is 19.6 Å². The van der Waals surface area contributed by atoms with Crippen molar-refractivity contribution < 1.29 is 19.1 Å². The van der Waals surface area contributed by atoms with Gasteiger partial charge in [-0.3, -0.25) is 9.59 Å². The summed E-state index contributed by atoms with van der Waals surface area (Å²) in [6.07, 6.45) is 3.33. The fraction of sp³-hybridized carbons (Fsp3) is 0.882. The van der Waals surface area contributed by atoms with Gasteiger partial charge in [0, 0.05) is 0 Å². The summed E-state index contributed by atoms with van der Waals surface area (Å²) in [5.74, 6) is -0.414. The average molecular weight is 300 g/mol. The zero-order valence-corrected chi connectivity index (χ0v) is 14.5. The first kappa shape index (κ1) is 19.9. The standard InChI is InChI=1S/C17H32O4/c1-7-8-9-10-17(6,15(18)20-11-13(2)3)16(19)21-12-14(4)5/h13-14H,7-12H2,1-6H3. The van der Waals surface area contributed by atoms with Gasteiger partial charge in [0.25, 0.3) is 0 Å². The first-order valence-electron chi connectivity index (χ1n) is 8.08. The van der Waals surface area contributed by atoms with Crippen LogP contribution in [0.2, 0.25) is 0 Å². The Hall–Kier alpha value is -1.06. The molecule has 124 valence electrons. The molecule has 0 aromatic carbocycles. The van der Waals surface area contributed by atoms with Crippen LogP contribution in [0.3, 0.4) is 0 Å². The second kappa shape index (κ2) is 9.80. The van der Waals surface area contributed by atoms with Crippen LogP contribution in [0.25, 0.3) is 0 Å². The number of carbonyl (C=O) groups is 2. The minimum absolute atomic E-state index is 0.250. The summed E-state index contributed by atoms with van der Waals surface area (Å²) in [6.45, 7) is 12.3. The van der Waals surface area contributed by atoms with Crippen LogP contribution >= 0.6 is 0 Å². The van der Waals surface area contributed by atoms with E-state index in [0.717, 1.165) is 19.3 Å². The summed E-state index contributed by atoms with van der Waals surface area (Å²) in [6, 6.07) is 0. The van der Waals surface area contributed by atoms with Crippen LogP contribution in [0.5, 0.6) is 0 Å². The normalized spacial score (nSPS) is 11.8. The van der Waals surface area contributed by atoms with Crippen molar-refractivity contribution in [2.45, 2.75) is 67.2 Å². The number of carbonyl (C=O) groups excluding carboxylic acids is 2. The molecule has 0 amide bonds. The SMILES string of the molecule is CCCCCC(C)(C(=O)OCC(C)C)C(=O)OCC(C)C. The number of rotatable bonds is 10. The molecule has 0 heterocycles. The third-order valence-corrected chi connectivity index (χ3v) is 3.28. The lowest BCUT2D eigenvalue weighted by Gasteiger charge is -2.26. The van der Waals surface area contributed by atoms with Crippen molar-refractivity contribution in [1.29, 1.82) is 0 Å². The number of hydrogen-bond donors (Lipinski definition) is 0. The molecule has 4 nitrogen and oxygen atoms in total.